The van der Waals surface area contributed by atoms with E-state index in [2.05, 4.69) is 19.1 Å². The highest BCUT2D eigenvalue weighted by molar-refractivity contribution is 5.32. The normalized spacial score (nSPS) is 20.9. The zero-order valence-corrected chi connectivity index (χ0v) is 7.17. The van der Waals surface area contributed by atoms with Gasteiger partial charge in [-0.3, -0.25) is 0 Å². The molecule has 0 bridgehead atoms. The molecule has 0 aromatic carbocycles. The van der Waals surface area contributed by atoms with E-state index in [9.17, 15) is 0 Å². The Morgan fingerprint density at radius 1 is 1.25 bits per heavy atom. The van der Waals surface area contributed by atoms with Crippen molar-refractivity contribution in [3.63, 3.8) is 0 Å². The predicted octanol–water partition coefficient (Wildman–Crippen LogP) is 2.50. The summed E-state index contributed by atoms with van der Waals surface area (Å²) in [5.74, 6) is 1.77. The molecule has 1 saturated heterocycles. The third-order valence-corrected chi connectivity index (χ3v) is 2.15. The van der Waals surface area contributed by atoms with Crippen LogP contribution in [0.4, 0.5) is 0 Å². The van der Waals surface area contributed by atoms with Crippen LogP contribution in [0.25, 0.3) is 0 Å². The van der Waals surface area contributed by atoms with Gasteiger partial charge in [0.2, 0.25) is 6.79 Å². The van der Waals surface area contributed by atoms with Gasteiger partial charge in [-0.05, 0) is 25.0 Å². The molecule has 0 aromatic heterocycles. The Hall–Kier alpha value is -1.18. The third kappa shape index (κ3) is 1.24. The molecule has 0 saturated carbocycles. The molecule has 1 aliphatic carbocycles. The lowest BCUT2D eigenvalue weighted by atomic mass is 10.1. The molecule has 0 aromatic rings. The first kappa shape index (κ1) is 7.47. The summed E-state index contributed by atoms with van der Waals surface area (Å²) in [6.45, 7) is 2.53. The van der Waals surface area contributed by atoms with Crippen LogP contribution in [0.2, 0.25) is 0 Å². The Kier molecular flexibility index (Phi) is 1.90. The Morgan fingerprint density at radius 3 is 2.92 bits per heavy atom. The molecule has 2 aliphatic rings. The second-order valence-corrected chi connectivity index (χ2v) is 2.89. The number of rotatable bonds is 1. The Morgan fingerprint density at radius 2 is 2.08 bits per heavy atom. The molecule has 0 N–H and O–H groups in total. The van der Waals surface area contributed by atoms with Gasteiger partial charge in [0.15, 0.2) is 11.5 Å². The van der Waals surface area contributed by atoms with Gasteiger partial charge in [-0.25, -0.2) is 0 Å². The SMILES string of the molecule is CCC1=CC=C2OCOC2=CC1. The van der Waals surface area contributed by atoms with Crippen LogP contribution >= 0.6 is 0 Å². The average molecular weight is 164 g/mol. The molecule has 12 heavy (non-hydrogen) atoms. The first-order valence-corrected chi connectivity index (χ1v) is 4.26. The molecular formula is C10H12O2. The molecule has 0 radical (unpaired) electrons. The van der Waals surface area contributed by atoms with Crippen LogP contribution in [0, 0.1) is 0 Å². The zero-order chi connectivity index (χ0) is 8.39. The number of allylic oxidation sites excluding steroid dienone is 4. The largest absolute Gasteiger partial charge is 0.454 e. The fourth-order valence-electron chi connectivity index (χ4n) is 1.34. The first-order chi connectivity index (χ1) is 5.90. The topological polar surface area (TPSA) is 18.5 Å². The average Bonchev–Trinajstić information content (AvgIpc) is 2.46. The summed E-state index contributed by atoms with van der Waals surface area (Å²) < 4.78 is 10.5. The molecule has 0 atom stereocenters. The quantitative estimate of drug-likeness (QED) is 0.592. The molecule has 0 unspecified atom stereocenters. The minimum absolute atomic E-state index is 0.368. The zero-order valence-electron chi connectivity index (χ0n) is 7.17. The van der Waals surface area contributed by atoms with Crippen LogP contribution in [0.5, 0.6) is 0 Å². The molecule has 2 rings (SSSR count). The molecule has 0 amide bonds. The molecule has 1 heterocycles. The molecule has 1 aliphatic heterocycles. The Bertz CT molecular complexity index is 272. The van der Waals surface area contributed by atoms with Gasteiger partial charge in [-0.1, -0.05) is 18.6 Å². The van der Waals surface area contributed by atoms with Crippen LogP contribution in [0.1, 0.15) is 19.8 Å². The van der Waals surface area contributed by atoms with E-state index in [1.54, 1.807) is 0 Å². The standard InChI is InChI=1S/C10H12O2/c1-2-8-3-5-9-10(6-4-8)12-7-11-9/h3,5-6H,2,4,7H2,1H3. The van der Waals surface area contributed by atoms with Crippen molar-refractivity contribution >= 4 is 0 Å². The molecule has 2 nitrogen and oxygen atoms in total. The van der Waals surface area contributed by atoms with E-state index >= 15 is 0 Å². The van der Waals surface area contributed by atoms with Gasteiger partial charge < -0.3 is 9.47 Å². The maximum absolute atomic E-state index is 5.27. The van der Waals surface area contributed by atoms with E-state index in [0.717, 1.165) is 24.4 Å². The summed E-state index contributed by atoms with van der Waals surface area (Å²) in [6, 6.07) is 0. The van der Waals surface area contributed by atoms with Gasteiger partial charge in [0.05, 0.1) is 0 Å². The van der Waals surface area contributed by atoms with Crippen LogP contribution in [-0.2, 0) is 9.47 Å². The molecular weight excluding hydrogens is 152 g/mol. The lowest BCUT2D eigenvalue weighted by molar-refractivity contribution is 0.0974. The van der Waals surface area contributed by atoms with E-state index in [-0.39, 0.29) is 0 Å². The van der Waals surface area contributed by atoms with Crippen molar-refractivity contribution in [2.75, 3.05) is 6.79 Å². The minimum Gasteiger partial charge on any atom is -0.454 e. The minimum atomic E-state index is 0.368. The van der Waals surface area contributed by atoms with Gasteiger partial charge in [0.1, 0.15) is 0 Å². The van der Waals surface area contributed by atoms with Crippen molar-refractivity contribution in [3.05, 3.63) is 35.3 Å². The van der Waals surface area contributed by atoms with Crippen molar-refractivity contribution in [2.24, 2.45) is 0 Å². The monoisotopic (exact) mass is 164 g/mol. The fraction of sp³-hybridized carbons (Fsp3) is 0.400. The molecule has 64 valence electrons. The van der Waals surface area contributed by atoms with Gasteiger partial charge >= 0.3 is 0 Å². The first-order valence-electron chi connectivity index (χ1n) is 4.26. The van der Waals surface area contributed by atoms with Crippen molar-refractivity contribution < 1.29 is 9.47 Å². The summed E-state index contributed by atoms with van der Waals surface area (Å²) >= 11 is 0. The van der Waals surface area contributed by atoms with Gasteiger partial charge in [-0.15, -0.1) is 0 Å². The Labute approximate surface area is 72.2 Å². The summed E-state index contributed by atoms with van der Waals surface area (Å²) in [6.07, 6.45) is 8.27. The summed E-state index contributed by atoms with van der Waals surface area (Å²) in [5.41, 5.74) is 1.41. The van der Waals surface area contributed by atoms with Crippen LogP contribution in [0.3, 0.4) is 0 Å². The Balaban J connectivity index is 2.25. The predicted molar refractivity (Wildman–Crippen MR) is 46.2 cm³/mol. The van der Waals surface area contributed by atoms with Crippen molar-refractivity contribution in [1.29, 1.82) is 0 Å². The highest BCUT2D eigenvalue weighted by Gasteiger charge is 2.16. The van der Waals surface area contributed by atoms with Crippen molar-refractivity contribution in [2.45, 2.75) is 19.8 Å². The van der Waals surface area contributed by atoms with Crippen molar-refractivity contribution in [3.8, 4) is 0 Å². The van der Waals surface area contributed by atoms with Crippen LogP contribution < -0.4 is 0 Å². The maximum atomic E-state index is 5.27. The van der Waals surface area contributed by atoms with Gasteiger partial charge in [0, 0.05) is 0 Å². The van der Waals surface area contributed by atoms with Crippen molar-refractivity contribution in [1.82, 2.24) is 0 Å². The highest BCUT2D eigenvalue weighted by atomic mass is 16.7. The molecule has 2 heteroatoms. The van der Waals surface area contributed by atoms with E-state index in [0.29, 0.717) is 6.79 Å². The van der Waals surface area contributed by atoms with E-state index in [4.69, 9.17) is 9.47 Å². The third-order valence-electron chi connectivity index (χ3n) is 2.15. The maximum Gasteiger partial charge on any atom is 0.231 e. The summed E-state index contributed by atoms with van der Waals surface area (Å²) in [4.78, 5) is 0. The van der Waals surface area contributed by atoms with Gasteiger partial charge in [-0.2, -0.15) is 0 Å². The van der Waals surface area contributed by atoms with Crippen LogP contribution in [0.15, 0.2) is 35.3 Å². The van der Waals surface area contributed by atoms with Crippen LogP contribution in [-0.4, -0.2) is 6.79 Å². The number of hydrogen-bond donors (Lipinski definition) is 0. The second kappa shape index (κ2) is 3.05. The lowest BCUT2D eigenvalue weighted by Crippen LogP contribution is -1.81. The second-order valence-electron chi connectivity index (χ2n) is 2.89. The molecule has 0 spiro atoms. The number of hydrogen-bond acceptors (Lipinski definition) is 2. The number of ether oxygens (including phenoxy) is 2. The summed E-state index contributed by atoms with van der Waals surface area (Å²) in [7, 11) is 0. The van der Waals surface area contributed by atoms with E-state index in [1.807, 2.05) is 6.08 Å². The van der Waals surface area contributed by atoms with Gasteiger partial charge in [0.25, 0.3) is 0 Å². The fourth-order valence-corrected chi connectivity index (χ4v) is 1.34. The smallest absolute Gasteiger partial charge is 0.231 e. The number of fused-ring (bicyclic) bond motifs is 1. The van der Waals surface area contributed by atoms with E-state index < -0.39 is 0 Å². The summed E-state index contributed by atoms with van der Waals surface area (Å²) in [5, 5.41) is 0. The lowest BCUT2D eigenvalue weighted by Gasteiger charge is -1.96. The highest BCUT2D eigenvalue weighted by Crippen LogP contribution is 2.25. The molecule has 1 fully saturated rings. The van der Waals surface area contributed by atoms with E-state index in [1.165, 1.54) is 5.57 Å².